The van der Waals surface area contributed by atoms with Crippen LogP contribution in [0.25, 0.3) is 0 Å². The zero-order valence-electron chi connectivity index (χ0n) is 8.50. The maximum Gasteiger partial charge on any atom is 0.118 e. The van der Waals surface area contributed by atoms with Crippen LogP contribution in [0.3, 0.4) is 0 Å². The highest BCUT2D eigenvalue weighted by atomic mass is 16.5. The molecule has 0 bridgehead atoms. The molecule has 0 heterocycles. The van der Waals surface area contributed by atoms with Crippen LogP contribution in [0.15, 0.2) is 24.3 Å². The normalized spacial score (nSPS) is 12.5. The van der Waals surface area contributed by atoms with Gasteiger partial charge >= 0.3 is 0 Å². The molecule has 72 valence electrons. The van der Waals surface area contributed by atoms with Gasteiger partial charge in [0.1, 0.15) is 5.75 Å². The van der Waals surface area contributed by atoms with Crippen molar-refractivity contribution in [3.05, 3.63) is 29.8 Å². The number of benzene rings is 1. The van der Waals surface area contributed by atoms with E-state index in [0.29, 0.717) is 6.04 Å². The van der Waals surface area contributed by atoms with Crippen molar-refractivity contribution in [2.75, 3.05) is 13.7 Å². The fraction of sp³-hybridized carbons (Fsp3) is 0.455. The Kier molecular flexibility index (Phi) is 3.77. The lowest BCUT2D eigenvalue weighted by Gasteiger charge is -2.12. The summed E-state index contributed by atoms with van der Waals surface area (Å²) in [6.07, 6.45) is 0. The minimum Gasteiger partial charge on any atom is -0.497 e. The molecule has 1 aromatic carbocycles. The SMILES string of the molecule is CCN[C@H](C)c1ccc(OC)cc1. The second-order valence-corrected chi connectivity index (χ2v) is 3.05. The van der Waals surface area contributed by atoms with E-state index in [4.69, 9.17) is 4.74 Å². The van der Waals surface area contributed by atoms with Gasteiger partial charge in [0.25, 0.3) is 0 Å². The van der Waals surface area contributed by atoms with E-state index in [1.807, 2.05) is 12.1 Å². The molecule has 0 unspecified atom stereocenters. The summed E-state index contributed by atoms with van der Waals surface area (Å²) in [5, 5.41) is 3.36. The zero-order chi connectivity index (χ0) is 9.68. The van der Waals surface area contributed by atoms with E-state index in [2.05, 4.69) is 31.3 Å². The third-order valence-corrected chi connectivity index (χ3v) is 2.13. The first-order valence-electron chi connectivity index (χ1n) is 4.65. The zero-order valence-corrected chi connectivity index (χ0v) is 8.50. The lowest BCUT2D eigenvalue weighted by Crippen LogP contribution is -2.17. The molecule has 0 aliphatic rings. The summed E-state index contributed by atoms with van der Waals surface area (Å²) in [4.78, 5) is 0. The minimum absolute atomic E-state index is 0.413. The van der Waals surface area contributed by atoms with Gasteiger partial charge in [-0.1, -0.05) is 19.1 Å². The summed E-state index contributed by atoms with van der Waals surface area (Å²) in [5.41, 5.74) is 1.29. The smallest absolute Gasteiger partial charge is 0.118 e. The van der Waals surface area contributed by atoms with Crippen LogP contribution in [-0.2, 0) is 0 Å². The Balaban J connectivity index is 2.67. The fourth-order valence-electron chi connectivity index (χ4n) is 1.32. The van der Waals surface area contributed by atoms with E-state index in [1.165, 1.54) is 5.56 Å². The summed E-state index contributed by atoms with van der Waals surface area (Å²) in [7, 11) is 1.68. The molecule has 0 saturated heterocycles. The van der Waals surface area contributed by atoms with Crippen molar-refractivity contribution in [3.8, 4) is 5.75 Å². The third-order valence-electron chi connectivity index (χ3n) is 2.13. The summed E-state index contributed by atoms with van der Waals surface area (Å²) in [5.74, 6) is 0.910. The van der Waals surface area contributed by atoms with Gasteiger partial charge in [-0.25, -0.2) is 0 Å². The van der Waals surface area contributed by atoms with Crippen molar-refractivity contribution in [1.82, 2.24) is 5.32 Å². The van der Waals surface area contributed by atoms with Crippen LogP contribution < -0.4 is 10.1 Å². The van der Waals surface area contributed by atoms with Crippen molar-refractivity contribution in [2.45, 2.75) is 19.9 Å². The highest BCUT2D eigenvalue weighted by Crippen LogP contribution is 2.16. The predicted molar refractivity (Wildman–Crippen MR) is 55.1 cm³/mol. The average Bonchev–Trinajstić information content (AvgIpc) is 2.18. The molecule has 0 aromatic heterocycles. The Morgan fingerprint density at radius 3 is 2.38 bits per heavy atom. The summed E-state index contributed by atoms with van der Waals surface area (Å²) < 4.78 is 5.09. The van der Waals surface area contributed by atoms with Gasteiger partial charge in [-0.15, -0.1) is 0 Å². The molecule has 13 heavy (non-hydrogen) atoms. The van der Waals surface area contributed by atoms with Crippen LogP contribution >= 0.6 is 0 Å². The first kappa shape index (κ1) is 10.1. The molecule has 1 rings (SSSR count). The molecule has 0 aliphatic heterocycles. The Hall–Kier alpha value is -1.02. The van der Waals surface area contributed by atoms with Crippen LogP contribution in [0.5, 0.6) is 5.75 Å². The van der Waals surface area contributed by atoms with Gasteiger partial charge in [0.15, 0.2) is 0 Å². The van der Waals surface area contributed by atoms with Crippen LogP contribution in [0.4, 0.5) is 0 Å². The molecule has 0 amide bonds. The molecule has 0 spiro atoms. The average molecular weight is 179 g/mol. The summed E-state index contributed by atoms with van der Waals surface area (Å²) in [6, 6.07) is 8.57. The lowest BCUT2D eigenvalue weighted by atomic mass is 10.1. The van der Waals surface area contributed by atoms with Crippen molar-refractivity contribution >= 4 is 0 Å². The number of methoxy groups -OCH3 is 1. The van der Waals surface area contributed by atoms with Gasteiger partial charge in [-0.05, 0) is 31.2 Å². The van der Waals surface area contributed by atoms with E-state index in [1.54, 1.807) is 7.11 Å². The Bertz CT molecular complexity index is 243. The highest BCUT2D eigenvalue weighted by molar-refractivity contribution is 5.28. The number of hydrogen-bond acceptors (Lipinski definition) is 2. The van der Waals surface area contributed by atoms with E-state index < -0.39 is 0 Å². The Labute approximate surface area is 79.9 Å². The van der Waals surface area contributed by atoms with E-state index in [9.17, 15) is 0 Å². The van der Waals surface area contributed by atoms with Crippen molar-refractivity contribution in [2.24, 2.45) is 0 Å². The summed E-state index contributed by atoms with van der Waals surface area (Å²) >= 11 is 0. The van der Waals surface area contributed by atoms with Gasteiger partial charge in [-0.2, -0.15) is 0 Å². The first-order chi connectivity index (χ1) is 6.27. The summed E-state index contributed by atoms with van der Waals surface area (Å²) in [6.45, 7) is 5.26. The second-order valence-electron chi connectivity index (χ2n) is 3.05. The molecule has 0 saturated carbocycles. The van der Waals surface area contributed by atoms with Crippen LogP contribution in [-0.4, -0.2) is 13.7 Å². The molecule has 1 atom stereocenters. The second kappa shape index (κ2) is 4.87. The molecule has 0 aliphatic carbocycles. The topological polar surface area (TPSA) is 21.3 Å². The Morgan fingerprint density at radius 1 is 1.31 bits per heavy atom. The molecule has 1 aromatic rings. The molecular formula is C11H17NO. The molecule has 2 nitrogen and oxygen atoms in total. The largest absolute Gasteiger partial charge is 0.497 e. The molecule has 0 radical (unpaired) electrons. The quantitative estimate of drug-likeness (QED) is 0.766. The van der Waals surface area contributed by atoms with Crippen molar-refractivity contribution in [1.29, 1.82) is 0 Å². The number of hydrogen-bond donors (Lipinski definition) is 1. The van der Waals surface area contributed by atoms with Gasteiger partial charge in [0.2, 0.25) is 0 Å². The molecule has 2 heteroatoms. The minimum atomic E-state index is 0.413. The third kappa shape index (κ3) is 2.74. The number of nitrogens with one attached hydrogen (secondary N) is 1. The van der Waals surface area contributed by atoms with Crippen molar-refractivity contribution in [3.63, 3.8) is 0 Å². The Morgan fingerprint density at radius 2 is 1.92 bits per heavy atom. The lowest BCUT2D eigenvalue weighted by molar-refractivity contribution is 0.414. The predicted octanol–water partition coefficient (Wildman–Crippen LogP) is 2.37. The number of ether oxygens (including phenoxy) is 1. The molecule has 1 N–H and O–H groups in total. The molecular weight excluding hydrogens is 162 g/mol. The fourth-order valence-corrected chi connectivity index (χ4v) is 1.32. The van der Waals surface area contributed by atoms with Gasteiger partial charge < -0.3 is 10.1 Å². The van der Waals surface area contributed by atoms with E-state index in [0.717, 1.165) is 12.3 Å². The van der Waals surface area contributed by atoms with Crippen LogP contribution in [0.2, 0.25) is 0 Å². The van der Waals surface area contributed by atoms with E-state index in [-0.39, 0.29) is 0 Å². The van der Waals surface area contributed by atoms with Gasteiger partial charge in [-0.3, -0.25) is 0 Å². The monoisotopic (exact) mass is 179 g/mol. The van der Waals surface area contributed by atoms with Crippen molar-refractivity contribution < 1.29 is 4.74 Å². The van der Waals surface area contributed by atoms with E-state index >= 15 is 0 Å². The van der Waals surface area contributed by atoms with Crippen LogP contribution in [0.1, 0.15) is 25.5 Å². The standard InChI is InChI=1S/C11H17NO/c1-4-12-9(2)10-5-7-11(13-3)8-6-10/h5-9,12H,4H2,1-3H3/t9-/m1/s1. The van der Waals surface area contributed by atoms with Gasteiger partial charge in [0.05, 0.1) is 7.11 Å². The number of rotatable bonds is 4. The van der Waals surface area contributed by atoms with Gasteiger partial charge in [0, 0.05) is 6.04 Å². The first-order valence-corrected chi connectivity index (χ1v) is 4.65. The maximum absolute atomic E-state index is 5.09. The van der Waals surface area contributed by atoms with Crippen LogP contribution in [0, 0.1) is 0 Å². The highest BCUT2D eigenvalue weighted by Gasteiger charge is 2.02. The molecule has 0 fully saturated rings. The maximum atomic E-state index is 5.09.